The fourth-order valence-corrected chi connectivity index (χ4v) is 5.03. The number of carbonyl (C=O) groups is 1. The topological polar surface area (TPSA) is 44.8 Å². The number of piperazine rings is 1. The van der Waals surface area contributed by atoms with Crippen LogP contribution in [0.5, 0.6) is 0 Å². The molecular formula is C21H29N3O2. The predicted octanol–water partition coefficient (Wildman–Crippen LogP) is 3.27. The number of amides is 1. The summed E-state index contributed by atoms with van der Waals surface area (Å²) in [6, 6.07) is 7.16. The third-order valence-corrected chi connectivity index (χ3v) is 6.86. The number of hydrogen-bond acceptors (Lipinski definition) is 4. The second-order valence-corrected chi connectivity index (χ2v) is 8.35. The smallest absolute Gasteiger partial charge is 0.410 e. The number of nitrogens with one attached hydrogen (secondary N) is 1. The summed E-state index contributed by atoms with van der Waals surface area (Å²) in [5.41, 5.74) is 4.13. The zero-order valence-corrected chi connectivity index (χ0v) is 15.5. The van der Waals surface area contributed by atoms with E-state index in [0.717, 1.165) is 45.6 Å². The van der Waals surface area contributed by atoms with E-state index >= 15 is 0 Å². The van der Waals surface area contributed by atoms with Crippen molar-refractivity contribution in [2.24, 2.45) is 5.92 Å². The van der Waals surface area contributed by atoms with Gasteiger partial charge in [-0.25, -0.2) is 4.79 Å². The van der Waals surface area contributed by atoms with Gasteiger partial charge in [0.2, 0.25) is 0 Å². The molecule has 2 aliphatic heterocycles. The number of ether oxygens (including phenoxy) is 1. The summed E-state index contributed by atoms with van der Waals surface area (Å²) >= 11 is 0. The molecule has 1 N–H and O–H groups in total. The number of likely N-dealkylation sites (tertiary alicyclic amines) is 1. The first-order chi connectivity index (χ1) is 12.8. The van der Waals surface area contributed by atoms with E-state index in [1.165, 1.54) is 36.1 Å². The van der Waals surface area contributed by atoms with Crippen molar-refractivity contribution >= 4 is 11.8 Å². The van der Waals surface area contributed by atoms with Crippen LogP contribution in [0.2, 0.25) is 0 Å². The summed E-state index contributed by atoms with van der Waals surface area (Å²) in [7, 11) is 0. The van der Waals surface area contributed by atoms with Crippen LogP contribution in [-0.2, 0) is 4.74 Å². The maximum atomic E-state index is 12.7. The van der Waals surface area contributed by atoms with Crippen LogP contribution >= 0.6 is 0 Å². The SMILES string of the molecule is O=C(OCC1CCC1)N1CC[C@H]2CC1c1cc(N3CCNCC3)ccc12. The minimum Gasteiger partial charge on any atom is -0.449 e. The second kappa shape index (κ2) is 6.76. The molecule has 2 saturated heterocycles. The molecule has 1 aromatic carbocycles. The lowest BCUT2D eigenvalue weighted by Gasteiger charge is -2.34. The van der Waals surface area contributed by atoms with Crippen molar-refractivity contribution in [3.63, 3.8) is 0 Å². The zero-order chi connectivity index (χ0) is 17.5. The van der Waals surface area contributed by atoms with Gasteiger partial charge in [0.1, 0.15) is 0 Å². The van der Waals surface area contributed by atoms with Crippen molar-refractivity contribution in [2.45, 2.75) is 44.1 Å². The molecule has 5 nitrogen and oxygen atoms in total. The van der Waals surface area contributed by atoms with E-state index in [1.54, 1.807) is 0 Å². The summed E-state index contributed by atoms with van der Waals surface area (Å²) < 4.78 is 5.67. The van der Waals surface area contributed by atoms with E-state index in [2.05, 4.69) is 28.4 Å². The molecule has 0 aromatic heterocycles. The van der Waals surface area contributed by atoms with Gasteiger partial charge < -0.3 is 19.9 Å². The Morgan fingerprint density at radius 3 is 2.73 bits per heavy atom. The lowest BCUT2D eigenvalue weighted by atomic mass is 9.86. The number of piperidine rings is 1. The molecule has 5 heteroatoms. The Morgan fingerprint density at radius 1 is 1.12 bits per heavy atom. The standard InChI is InChI=1S/C21H29N3O2/c25-21(26-14-15-2-1-3-15)24-9-6-16-12-20(24)19-13-17(4-5-18(16)19)23-10-7-22-8-11-23/h4-5,13,15-16,20,22H,1-3,6-12,14H2/t16-,20?/m0/s1. The Balaban J connectivity index is 1.34. The van der Waals surface area contributed by atoms with Gasteiger partial charge in [-0.3, -0.25) is 0 Å². The minimum atomic E-state index is -0.0965. The van der Waals surface area contributed by atoms with Crippen molar-refractivity contribution < 1.29 is 9.53 Å². The summed E-state index contributed by atoms with van der Waals surface area (Å²) in [4.78, 5) is 17.2. The summed E-state index contributed by atoms with van der Waals surface area (Å²) in [6.45, 7) is 5.64. The molecular weight excluding hydrogens is 326 g/mol. The van der Waals surface area contributed by atoms with Crippen LogP contribution in [0.15, 0.2) is 18.2 Å². The molecule has 3 fully saturated rings. The molecule has 140 valence electrons. The maximum absolute atomic E-state index is 12.7. The van der Waals surface area contributed by atoms with Crippen LogP contribution in [0.25, 0.3) is 0 Å². The summed E-state index contributed by atoms with van der Waals surface area (Å²) in [6.07, 6.45) is 5.76. The van der Waals surface area contributed by atoms with Crippen LogP contribution in [0.1, 0.15) is 55.2 Å². The average molecular weight is 355 g/mol. The number of rotatable bonds is 3. The van der Waals surface area contributed by atoms with E-state index in [0.29, 0.717) is 18.4 Å². The van der Waals surface area contributed by atoms with Crippen molar-refractivity contribution in [3.05, 3.63) is 29.3 Å². The molecule has 5 rings (SSSR count). The van der Waals surface area contributed by atoms with Crippen LogP contribution in [0.4, 0.5) is 10.5 Å². The van der Waals surface area contributed by atoms with Crippen molar-refractivity contribution in [1.29, 1.82) is 0 Å². The highest BCUT2D eigenvalue weighted by Gasteiger charge is 2.41. The molecule has 1 amide bonds. The molecule has 2 heterocycles. The largest absolute Gasteiger partial charge is 0.449 e. The third-order valence-electron chi connectivity index (χ3n) is 6.86. The Hall–Kier alpha value is -1.75. The van der Waals surface area contributed by atoms with E-state index in [1.807, 2.05) is 4.90 Å². The second-order valence-electron chi connectivity index (χ2n) is 8.35. The highest BCUT2D eigenvalue weighted by Crippen LogP contribution is 2.50. The van der Waals surface area contributed by atoms with Crippen LogP contribution in [0.3, 0.4) is 0 Å². The first kappa shape index (κ1) is 16.4. The Kier molecular flexibility index (Phi) is 4.27. The number of nitrogens with zero attached hydrogens (tertiary/aromatic N) is 2. The van der Waals surface area contributed by atoms with E-state index in [9.17, 15) is 4.79 Å². The number of carbonyl (C=O) groups excluding carboxylic acids is 1. The molecule has 2 atom stereocenters. The van der Waals surface area contributed by atoms with Crippen LogP contribution < -0.4 is 10.2 Å². The van der Waals surface area contributed by atoms with Gasteiger partial charge in [0.25, 0.3) is 0 Å². The lowest BCUT2D eigenvalue weighted by Crippen LogP contribution is -2.43. The molecule has 4 aliphatic rings. The monoisotopic (exact) mass is 355 g/mol. The predicted molar refractivity (Wildman–Crippen MR) is 102 cm³/mol. The van der Waals surface area contributed by atoms with Crippen LogP contribution in [0, 0.1) is 5.92 Å². The average Bonchev–Trinajstić information content (AvgIpc) is 2.93. The molecule has 26 heavy (non-hydrogen) atoms. The molecule has 0 spiro atoms. The van der Waals surface area contributed by atoms with E-state index in [-0.39, 0.29) is 12.1 Å². The Morgan fingerprint density at radius 2 is 1.96 bits per heavy atom. The highest BCUT2D eigenvalue weighted by atomic mass is 16.6. The van der Waals surface area contributed by atoms with Gasteiger partial charge in [-0.1, -0.05) is 12.5 Å². The fraction of sp³-hybridized carbons (Fsp3) is 0.667. The number of benzene rings is 1. The molecule has 1 aromatic rings. The highest BCUT2D eigenvalue weighted by molar-refractivity contribution is 5.70. The first-order valence-electron chi connectivity index (χ1n) is 10.3. The molecule has 1 saturated carbocycles. The fourth-order valence-electron chi connectivity index (χ4n) is 5.03. The van der Waals surface area contributed by atoms with Gasteiger partial charge in [-0.05, 0) is 60.8 Å². The number of hydrogen-bond donors (Lipinski definition) is 1. The molecule has 1 unspecified atom stereocenters. The normalized spacial score (nSPS) is 27.8. The third kappa shape index (κ3) is 2.86. The molecule has 2 aliphatic carbocycles. The van der Waals surface area contributed by atoms with Crippen molar-refractivity contribution in [1.82, 2.24) is 10.2 Å². The quantitative estimate of drug-likeness (QED) is 0.904. The van der Waals surface area contributed by atoms with Gasteiger partial charge in [-0.15, -0.1) is 0 Å². The minimum absolute atomic E-state index is 0.0965. The number of fused-ring (bicyclic) bond motifs is 5. The van der Waals surface area contributed by atoms with E-state index < -0.39 is 0 Å². The van der Waals surface area contributed by atoms with Gasteiger partial charge in [0, 0.05) is 38.4 Å². The molecule has 2 bridgehead atoms. The first-order valence-corrected chi connectivity index (χ1v) is 10.3. The lowest BCUT2D eigenvalue weighted by molar-refractivity contribution is 0.0518. The van der Waals surface area contributed by atoms with Gasteiger partial charge in [0.05, 0.1) is 12.6 Å². The number of anilines is 1. The van der Waals surface area contributed by atoms with Crippen LogP contribution in [-0.4, -0.2) is 50.3 Å². The summed E-state index contributed by atoms with van der Waals surface area (Å²) in [5.74, 6) is 1.22. The summed E-state index contributed by atoms with van der Waals surface area (Å²) in [5, 5.41) is 3.42. The zero-order valence-electron chi connectivity index (χ0n) is 15.5. The van der Waals surface area contributed by atoms with Gasteiger partial charge >= 0.3 is 6.09 Å². The maximum Gasteiger partial charge on any atom is 0.410 e. The Labute approximate surface area is 155 Å². The van der Waals surface area contributed by atoms with Crippen molar-refractivity contribution in [2.75, 3.05) is 44.2 Å². The van der Waals surface area contributed by atoms with E-state index in [4.69, 9.17) is 4.74 Å². The molecule has 0 radical (unpaired) electrons. The Bertz CT molecular complexity index is 682. The van der Waals surface area contributed by atoms with Crippen molar-refractivity contribution in [3.8, 4) is 0 Å². The van der Waals surface area contributed by atoms with Gasteiger partial charge in [0.15, 0.2) is 0 Å². The van der Waals surface area contributed by atoms with Gasteiger partial charge in [-0.2, -0.15) is 0 Å².